The fraction of sp³-hybridized carbons (Fsp3) is 0.615. The van der Waals surface area contributed by atoms with Gasteiger partial charge in [-0.05, 0) is 13.1 Å². The summed E-state index contributed by atoms with van der Waals surface area (Å²) in [5.41, 5.74) is 0. The van der Waals surface area contributed by atoms with E-state index >= 15 is 0 Å². The van der Waals surface area contributed by atoms with Gasteiger partial charge in [0.25, 0.3) is 0 Å². The molecule has 1 heterocycles. The van der Waals surface area contributed by atoms with Gasteiger partial charge in [-0.1, -0.05) is 0 Å². The third-order valence-corrected chi connectivity index (χ3v) is 2.92. The zero-order valence-electron chi connectivity index (χ0n) is 13.1. The molecule has 2 radical (unpaired) electrons. The third-order valence-electron chi connectivity index (χ3n) is 2.92. The predicted molar refractivity (Wildman–Crippen MR) is 77.9 cm³/mol. The van der Waals surface area contributed by atoms with Crippen LogP contribution in [0.4, 0.5) is 0 Å². The molecule has 1 fully saturated rings. The Bertz CT molecular complexity index is 283. The molecule has 22 heavy (non-hydrogen) atoms. The molecule has 0 unspecified atom stereocenters. The first-order valence-corrected chi connectivity index (χ1v) is 5.91. The zero-order valence-corrected chi connectivity index (χ0v) is 16.6. The Morgan fingerprint density at radius 1 is 0.818 bits per heavy atom. The minimum absolute atomic E-state index is 0. The molecule has 2 N–H and O–H groups in total. The van der Waals surface area contributed by atoms with Crippen LogP contribution in [-0.4, -0.2) is 89.2 Å². The van der Waals surface area contributed by atoms with Gasteiger partial charge in [-0.2, -0.15) is 0 Å². The molecule has 0 spiro atoms. The quantitative estimate of drug-likeness (QED) is 0.433. The second-order valence-electron chi connectivity index (χ2n) is 4.46. The van der Waals surface area contributed by atoms with Gasteiger partial charge in [0.2, 0.25) is 0 Å². The number of carbonyl (C=O) groups is 2. The van der Waals surface area contributed by atoms with Crippen LogP contribution in [0.3, 0.4) is 0 Å². The van der Waals surface area contributed by atoms with Crippen LogP contribution in [0, 0.1) is 21.9 Å². The largest absolute Gasteiger partial charge is 0.480 e. The summed E-state index contributed by atoms with van der Waals surface area (Å²) >= 11 is 0. The first-order chi connectivity index (χ1) is 8.47. The summed E-state index contributed by atoms with van der Waals surface area (Å²) in [6.07, 6.45) is 0. The van der Waals surface area contributed by atoms with E-state index in [4.69, 9.17) is 10.2 Å². The molecule has 0 aromatic carbocycles. The monoisotopic (exact) mass is 599 g/mol. The Balaban J connectivity index is -0.000000405. The molecule has 140 valence electrons. The number of rotatable bonds is 4. The number of carboxylic acid groups (broad SMARTS) is 2. The smallest absolute Gasteiger partial charge is 0.317 e. The van der Waals surface area contributed by atoms with Gasteiger partial charge < -0.3 is 30.0 Å². The zero-order chi connectivity index (χ0) is 13.5. The average molecular weight is 599 g/mol. The first-order valence-electron chi connectivity index (χ1n) is 5.91. The Morgan fingerprint density at radius 3 is 1.36 bits per heavy atom. The molecule has 1 aliphatic heterocycles. The summed E-state index contributed by atoms with van der Waals surface area (Å²) in [5.74, 6) is -1.73. The van der Waals surface area contributed by atoms with Crippen molar-refractivity contribution in [3.8, 4) is 0 Å². The topological polar surface area (TPSA) is 84.3 Å². The second-order valence-corrected chi connectivity index (χ2v) is 4.46. The molecule has 0 aromatic rings. The van der Waals surface area contributed by atoms with Crippen molar-refractivity contribution in [2.75, 3.05) is 52.4 Å². The van der Waals surface area contributed by atoms with Crippen LogP contribution in [0.5, 0.6) is 0 Å². The van der Waals surface area contributed by atoms with Crippen LogP contribution in [-0.2, 0) is 26.4 Å². The number of hydrogen-bond acceptors (Lipinski definition) is 5. The Labute approximate surface area is 138 Å². The summed E-state index contributed by atoms with van der Waals surface area (Å²) in [5, 5.41) is 17.6. The van der Waals surface area contributed by atoms with Gasteiger partial charge in [-0.25, -0.2) is 0 Å². The van der Waals surface area contributed by atoms with E-state index in [9.17, 15) is 9.59 Å². The summed E-state index contributed by atoms with van der Waals surface area (Å²) in [6.45, 7) is 3.74. The van der Waals surface area contributed by atoms with Crippen LogP contribution < -0.4 is 0 Å². The fourth-order valence-electron chi connectivity index (χ4n) is 1.88. The number of nitrogens with zero attached hydrogens (tertiary/aromatic N) is 3. The van der Waals surface area contributed by atoms with Crippen LogP contribution in [0.25, 0.3) is 0 Å². The minimum atomic E-state index is -0.866. The molecule has 0 aliphatic carbocycles. The molecule has 0 saturated carbocycles. The molecule has 0 aromatic heterocycles. The molecule has 0 atom stereocenters. The van der Waals surface area contributed by atoms with Crippen molar-refractivity contribution in [1.82, 2.24) is 14.7 Å². The maximum Gasteiger partial charge on any atom is 0.317 e. The maximum atomic E-state index is 10.7. The van der Waals surface area contributed by atoms with Crippen molar-refractivity contribution in [3.05, 3.63) is 21.9 Å². The molecule has 9 heteroatoms. The van der Waals surface area contributed by atoms with E-state index in [0.29, 0.717) is 39.3 Å². The summed E-state index contributed by atoms with van der Waals surface area (Å²) in [7, 11) is 3.85. The third kappa shape index (κ3) is 12.1. The van der Waals surface area contributed by atoms with Gasteiger partial charge in [-0.15, -0.1) is 0 Å². The van der Waals surface area contributed by atoms with Crippen molar-refractivity contribution >= 4 is 11.9 Å². The van der Waals surface area contributed by atoms with E-state index in [0.717, 1.165) is 0 Å². The summed E-state index contributed by atoms with van der Waals surface area (Å²) < 4.78 is 0. The molecular weight excluding hydrogens is 573 g/mol. The van der Waals surface area contributed by atoms with Gasteiger partial charge in [0.1, 0.15) is 0 Å². The Morgan fingerprint density at radius 2 is 1.09 bits per heavy atom. The molecule has 0 amide bonds. The normalized spacial score (nSPS) is 17.1. The van der Waals surface area contributed by atoms with Crippen LogP contribution >= 0.6 is 0 Å². The van der Waals surface area contributed by atoms with Gasteiger partial charge in [0, 0.05) is 43.0 Å². The molecule has 7 nitrogen and oxygen atoms in total. The van der Waals surface area contributed by atoms with E-state index in [1.807, 2.05) is 4.90 Å². The Kier molecular flexibility index (Phi) is 18.5. The standard InChI is InChI=1S/C11H20N3O4.2CH3.Co.Es/c1-12-2-4-13(8-10(15)16)6-7-14(5-3-12)9-11(17)18;;;;/h1-9H2,(H,15,16)(H,17,18);2*1H3;;/q3*-1;;. The number of aliphatic carboxylic acids is 2. The van der Waals surface area contributed by atoms with Crippen molar-refractivity contribution in [1.29, 1.82) is 0 Å². The molecule has 1 aliphatic rings. The SMILES string of the molecule is [CH2-]N1CCN(CC(=O)O)CCN(CC(=O)O)CC1.[CH3-].[CH3-].[Co].[Es]. The van der Waals surface area contributed by atoms with E-state index in [1.54, 1.807) is 9.80 Å². The summed E-state index contributed by atoms with van der Waals surface area (Å²) in [4.78, 5) is 26.9. The van der Waals surface area contributed by atoms with Crippen molar-refractivity contribution in [3.63, 3.8) is 0 Å². The predicted octanol–water partition coefficient (Wildman–Crippen LogP) is -0.235. The van der Waals surface area contributed by atoms with Crippen LogP contribution in [0.15, 0.2) is 0 Å². The van der Waals surface area contributed by atoms with E-state index in [1.165, 1.54) is 0 Å². The maximum absolute atomic E-state index is 10.7. The molecule has 1 rings (SSSR count). The van der Waals surface area contributed by atoms with Crippen molar-refractivity contribution in [2.45, 2.75) is 0 Å². The Hall–Kier alpha value is -1.67. The van der Waals surface area contributed by atoms with Crippen LogP contribution in [0.2, 0.25) is 0 Å². The second kappa shape index (κ2) is 14.3. The molecule has 0 bridgehead atoms. The first kappa shape index (κ1) is 28.5. The van der Waals surface area contributed by atoms with Crippen molar-refractivity contribution in [2.24, 2.45) is 0 Å². The van der Waals surface area contributed by atoms with E-state index < -0.39 is 11.9 Å². The number of carboxylic acids is 2. The average Bonchev–Trinajstić information content (AvgIpc) is 2.33. The van der Waals surface area contributed by atoms with Gasteiger partial charge in [0.15, 0.2) is 0 Å². The fourth-order valence-corrected chi connectivity index (χ4v) is 1.88. The number of hydrogen-bond donors (Lipinski definition) is 2. The van der Waals surface area contributed by atoms with Gasteiger partial charge in [0.05, 0.1) is 13.1 Å². The van der Waals surface area contributed by atoms with Gasteiger partial charge in [-0.3, -0.25) is 26.4 Å². The van der Waals surface area contributed by atoms with Gasteiger partial charge >= 0.3 is 11.9 Å². The summed E-state index contributed by atoms with van der Waals surface area (Å²) in [6, 6.07) is 0. The van der Waals surface area contributed by atoms with E-state index in [2.05, 4.69) is 7.05 Å². The van der Waals surface area contributed by atoms with E-state index in [-0.39, 0.29) is 44.7 Å². The molecule has 1 saturated heterocycles. The molecular formula is C13H26CoEsN3O4-3. The van der Waals surface area contributed by atoms with Crippen molar-refractivity contribution < 1.29 is 36.6 Å². The minimum Gasteiger partial charge on any atom is -0.480 e. The van der Waals surface area contributed by atoms with Crippen LogP contribution in [0.1, 0.15) is 0 Å².